The maximum absolute atomic E-state index is 11.9. The molecular formula is C13H8Cl2N2O. The van der Waals surface area contributed by atoms with E-state index in [0.29, 0.717) is 21.2 Å². The van der Waals surface area contributed by atoms with Gasteiger partial charge in [0.25, 0.3) is 0 Å². The first-order chi connectivity index (χ1) is 8.61. The molecule has 1 fully saturated rings. The topological polar surface area (TPSA) is 62.8 Å². The van der Waals surface area contributed by atoms with Gasteiger partial charge in [-0.2, -0.15) is 5.26 Å². The third kappa shape index (κ3) is 1.74. The summed E-state index contributed by atoms with van der Waals surface area (Å²) < 4.78 is 0. The first-order valence-corrected chi connectivity index (χ1v) is 6.26. The standard InChI is InChI=1S/C13H8Cl2N2O/c14-10-1-6-7(9(4-16)12-5-17-12)3-13(18)8(6)2-11(10)15/h1-2,12,17H,3,5H2/b9-7-. The van der Waals surface area contributed by atoms with Gasteiger partial charge in [0.05, 0.1) is 27.7 Å². The van der Waals surface area contributed by atoms with Crippen molar-refractivity contribution in [3.8, 4) is 6.07 Å². The average molecular weight is 279 g/mol. The number of carbonyl (C=O) groups is 1. The molecule has 1 heterocycles. The first kappa shape index (κ1) is 11.7. The molecule has 0 amide bonds. The number of rotatable bonds is 1. The van der Waals surface area contributed by atoms with Crippen molar-refractivity contribution in [2.24, 2.45) is 0 Å². The maximum atomic E-state index is 11.9. The highest BCUT2D eigenvalue weighted by Gasteiger charge is 2.34. The molecule has 0 aromatic heterocycles. The van der Waals surface area contributed by atoms with Crippen molar-refractivity contribution in [3.05, 3.63) is 38.9 Å². The molecule has 0 bridgehead atoms. The molecule has 2 aliphatic rings. The number of carbonyl (C=O) groups excluding carboxylic acids is 1. The fraction of sp³-hybridized carbons (Fsp3) is 0.231. The summed E-state index contributed by atoms with van der Waals surface area (Å²) in [5, 5.41) is 13.1. The molecule has 1 aromatic carbocycles. The highest BCUT2D eigenvalue weighted by Crippen LogP contribution is 2.40. The van der Waals surface area contributed by atoms with Gasteiger partial charge in [-0.25, -0.2) is 0 Å². The second-order valence-corrected chi connectivity index (χ2v) is 5.19. The van der Waals surface area contributed by atoms with E-state index in [-0.39, 0.29) is 18.2 Å². The summed E-state index contributed by atoms with van der Waals surface area (Å²) in [7, 11) is 0. The van der Waals surface area contributed by atoms with Crippen molar-refractivity contribution in [2.75, 3.05) is 6.54 Å². The fourth-order valence-electron chi connectivity index (χ4n) is 2.24. The molecule has 0 spiro atoms. The van der Waals surface area contributed by atoms with Gasteiger partial charge in [0.15, 0.2) is 5.78 Å². The van der Waals surface area contributed by atoms with Gasteiger partial charge in [-0.15, -0.1) is 0 Å². The van der Waals surface area contributed by atoms with Gasteiger partial charge in [-0.3, -0.25) is 4.79 Å². The minimum atomic E-state index is -0.00744. The van der Waals surface area contributed by atoms with Gasteiger partial charge >= 0.3 is 0 Å². The molecule has 1 atom stereocenters. The number of halogens is 2. The van der Waals surface area contributed by atoms with Crippen LogP contribution in [-0.4, -0.2) is 18.4 Å². The number of hydrogen-bond acceptors (Lipinski definition) is 3. The van der Waals surface area contributed by atoms with E-state index in [1.54, 1.807) is 12.1 Å². The minimum absolute atomic E-state index is 0.00744. The van der Waals surface area contributed by atoms with Crippen LogP contribution in [-0.2, 0) is 0 Å². The van der Waals surface area contributed by atoms with Crippen LogP contribution < -0.4 is 5.32 Å². The molecule has 5 heteroatoms. The van der Waals surface area contributed by atoms with Gasteiger partial charge in [0.2, 0.25) is 0 Å². The van der Waals surface area contributed by atoms with Crippen LogP contribution in [0.5, 0.6) is 0 Å². The smallest absolute Gasteiger partial charge is 0.167 e. The molecule has 1 saturated heterocycles. The van der Waals surface area contributed by atoms with Crippen LogP contribution in [0.2, 0.25) is 10.0 Å². The normalized spacial score (nSPS) is 23.6. The Labute approximate surface area is 114 Å². The number of nitriles is 1. The number of allylic oxidation sites excluding steroid dienone is 1. The van der Waals surface area contributed by atoms with E-state index in [0.717, 1.165) is 17.7 Å². The van der Waals surface area contributed by atoms with Crippen LogP contribution in [0.25, 0.3) is 5.57 Å². The Hall–Kier alpha value is -1.34. The third-order valence-electron chi connectivity index (χ3n) is 3.23. The van der Waals surface area contributed by atoms with E-state index in [9.17, 15) is 10.1 Å². The second kappa shape index (κ2) is 4.10. The molecule has 18 heavy (non-hydrogen) atoms. The molecule has 3 nitrogen and oxygen atoms in total. The SMILES string of the molecule is N#C/C(=C1\CC(=O)c2cc(Cl)c(Cl)cc21)C1CN1. The third-order valence-corrected chi connectivity index (χ3v) is 3.95. The Morgan fingerprint density at radius 2 is 1.94 bits per heavy atom. The second-order valence-electron chi connectivity index (χ2n) is 4.38. The van der Waals surface area contributed by atoms with Crippen molar-refractivity contribution in [3.63, 3.8) is 0 Å². The number of benzene rings is 1. The Morgan fingerprint density at radius 3 is 2.50 bits per heavy atom. The highest BCUT2D eigenvalue weighted by atomic mass is 35.5. The van der Waals surface area contributed by atoms with Crippen LogP contribution in [0.4, 0.5) is 0 Å². The number of ketones is 1. The number of nitrogens with one attached hydrogen (secondary N) is 1. The van der Waals surface area contributed by atoms with E-state index < -0.39 is 0 Å². The molecule has 0 radical (unpaired) electrons. The zero-order valence-electron chi connectivity index (χ0n) is 9.26. The summed E-state index contributed by atoms with van der Waals surface area (Å²) in [6.07, 6.45) is 0.257. The van der Waals surface area contributed by atoms with Crippen molar-refractivity contribution in [1.29, 1.82) is 5.26 Å². The molecule has 0 saturated carbocycles. The van der Waals surface area contributed by atoms with Crippen LogP contribution in [0.1, 0.15) is 22.3 Å². The van der Waals surface area contributed by atoms with Crippen molar-refractivity contribution in [2.45, 2.75) is 12.5 Å². The lowest BCUT2D eigenvalue weighted by Gasteiger charge is -2.04. The summed E-state index contributed by atoms with van der Waals surface area (Å²) in [5.41, 5.74) is 2.74. The van der Waals surface area contributed by atoms with E-state index in [1.807, 2.05) is 0 Å². The van der Waals surface area contributed by atoms with E-state index >= 15 is 0 Å². The molecule has 1 aromatic rings. The van der Waals surface area contributed by atoms with Gasteiger partial charge in [-0.1, -0.05) is 23.2 Å². The molecule has 90 valence electrons. The minimum Gasteiger partial charge on any atom is -0.306 e. The van der Waals surface area contributed by atoms with Crippen LogP contribution in [0.3, 0.4) is 0 Å². The lowest BCUT2D eigenvalue weighted by molar-refractivity contribution is 0.100. The average Bonchev–Trinajstić information content (AvgIpc) is 3.11. The summed E-state index contributed by atoms with van der Waals surface area (Å²) in [6.45, 7) is 0.789. The van der Waals surface area contributed by atoms with Crippen LogP contribution >= 0.6 is 23.2 Å². The van der Waals surface area contributed by atoms with Gasteiger partial charge in [0, 0.05) is 18.5 Å². The Morgan fingerprint density at radius 1 is 1.33 bits per heavy atom. The van der Waals surface area contributed by atoms with Crippen molar-refractivity contribution >= 4 is 34.6 Å². The molecular weight excluding hydrogens is 271 g/mol. The predicted molar refractivity (Wildman–Crippen MR) is 69.7 cm³/mol. The summed E-state index contributed by atoms with van der Waals surface area (Å²) in [5.74, 6) is -0.00744. The van der Waals surface area contributed by atoms with Crippen molar-refractivity contribution in [1.82, 2.24) is 5.32 Å². The lowest BCUT2D eigenvalue weighted by atomic mass is 10.0. The quantitative estimate of drug-likeness (QED) is 0.635. The number of fused-ring (bicyclic) bond motifs is 1. The van der Waals surface area contributed by atoms with Gasteiger partial charge in [-0.05, 0) is 23.3 Å². The monoisotopic (exact) mass is 278 g/mol. The maximum Gasteiger partial charge on any atom is 0.167 e. The van der Waals surface area contributed by atoms with Crippen molar-refractivity contribution < 1.29 is 4.79 Å². The molecule has 1 unspecified atom stereocenters. The molecule has 1 aliphatic heterocycles. The first-order valence-electron chi connectivity index (χ1n) is 5.51. The zero-order valence-corrected chi connectivity index (χ0v) is 10.8. The Bertz CT molecular complexity index is 639. The number of hydrogen-bond donors (Lipinski definition) is 1. The Balaban J connectivity index is 2.23. The Kier molecular flexibility index (Phi) is 2.67. The zero-order chi connectivity index (χ0) is 12.9. The predicted octanol–water partition coefficient (Wildman–Crippen LogP) is 2.83. The van der Waals surface area contributed by atoms with Crippen LogP contribution in [0, 0.1) is 11.3 Å². The summed E-state index contributed by atoms with van der Waals surface area (Å²) >= 11 is 11.9. The van der Waals surface area contributed by atoms with E-state index in [1.165, 1.54) is 0 Å². The largest absolute Gasteiger partial charge is 0.306 e. The lowest BCUT2D eigenvalue weighted by Crippen LogP contribution is -1.98. The highest BCUT2D eigenvalue weighted by molar-refractivity contribution is 6.42. The van der Waals surface area contributed by atoms with E-state index in [2.05, 4.69) is 11.4 Å². The van der Waals surface area contributed by atoms with Gasteiger partial charge in [0.1, 0.15) is 0 Å². The van der Waals surface area contributed by atoms with Gasteiger partial charge < -0.3 is 5.32 Å². The molecule has 1 N–H and O–H groups in total. The summed E-state index contributed by atoms with van der Waals surface area (Å²) in [4.78, 5) is 11.9. The van der Waals surface area contributed by atoms with Crippen LogP contribution in [0.15, 0.2) is 17.7 Å². The number of Topliss-reactive ketones (excluding diaryl/α,β-unsaturated/α-hetero) is 1. The van der Waals surface area contributed by atoms with E-state index in [4.69, 9.17) is 23.2 Å². The fourth-order valence-corrected chi connectivity index (χ4v) is 2.56. The molecule has 1 aliphatic carbocycles. The molecule has 3 rings (SSSR count). The number of nitrogens with zero attached hydrogens (tertiary/aromatic N) is 1. The summed E-state index contributed by atoms with van der Waals surface area (Å²) in [6, 6.07) is 5.54.